The Labute approximate surface area is 199 Å². The minimum atomic E-state index is -0.664. The molecular weight excluding hydrogens is 465 g/mol. The molecule has 0 spiro atoms. The van der Waals surface area contributed by atoms with Gasteiger partial charge in [0.2, 0.25) is 0 Å². The monoisotopic (exact) mass is 487 g/mol. The predicted molar refractivity (Wildman–Crippen MR) is 124 cm³/mol. The van der Waals surface area contributed by atoms with Crippen LogP contribution in [0.4, 0.5) is 15.9 Å². The summed E-state index contributed by atoms with van der Waals surface area (Å²) in [6, 6.07) is 4.10. The molecule has 9 nitrogen and oxygen atoms in total. The highest BCUT2D eigenvalue weighted by molar-refractivity contribution is 6.29. The fourth-order valence-electron chi connectivity index (χ4n) is 4.63. The minimum absolute atomic E-state index is 0.00113. The number of rotatable bonds is 4. The first-order valence-corrected chi connectivity index (χ1v) is 11.4. The molecule has 2 aliphatic heterocycles. The number of carbonyl (C=O) groups excluding carboxylic acids is 1. The molecule has 5 heterocycles. The SMILES string of the molecule is COC(=O)c1nc(Cl)ccc1N[C@H](C)c1cc(F)cn2c(=O)c3c(nc12)N1CCOC[C@H]1CC3. The number of methoxy groups -OCH3 is 1. The van der Waals surface area contributed by atoms with E-state index in [-0.39, 0.29) is 22.4 Å². The quantitative estimate of drug-likeness (QED) is 0.443. The summed E-state index contributed by atoms with van der Waals surface area (Å²) in [7, 11) is 1.25. The summed E-state index contributed by atoms with van der Waals surface area (Å²) < 4.78 is 26.3. The molecule has 3 aromatic heterocycles. The van der Waals surface area contributed by atoms with Crippen LogP contribution in [0.3, 0.4) is 0 Å². The number of ether oxygens (including phenoxy) is 2. The van der Waals surface area contributed by atoms with Gasteiger partial charge in [0.25, 0.3) is 5.56 Å². The summed E-state index contributed by atoms with van der Waals surface area (Å²) in [5.41, 5.74) is 1.48. The van der Waals surface area contributed by atoms with Gasteiger partial charge in [0.15, 0.2) is 5.69 Å². The number of halogens is 2. The Bertz CT molecular complexity index is 1350. The highest BCUT2D eigenvalue weighted by Gasteiger charge is 2.33. The number of anilines is 2. The van der Waals surface area contributed by atoms with Crippen LogP contribution in [0.15, 0.2) is 29.2 Å². The molecule has 0 radical (unpaired) electrons. The summed E-state index contributed by atoms with van der Waals surface area (Å²) in [4.78, 5) is 36.6. The first-order chi connectivity index (χ1) is 16.4. The van der Waals surface area contributed by atoms with E-state index in [9.17, 15) is 14.0 Å². The van der Waals surface area contributed by atoms with Crippen molar-refractivity contribution in [3.05, 3.63) is 62.5 Å². The van der Waals surface area contributed by atoms with Crippen LogP contribution in [0.25, 0.3) is 5.65 Å². The fraction of sp³-hybridized carbons (Fsp3) is 0.391. The average molecular weight is 488 g/mol. The second-order valence-electron chi connectivity index (χ2n) is 8.37. The van der Waals surface area contributed by atoms with Crippen molar-refractivity contribution in [3.63, 3.8) is 0 Å². The van der Waals surface area contributed by atoms with Gasteiger partial charge in [-0.05, 0) is 38.0 Å². The van der Waals surface area contributed by atoms with Crippen LogP contribution in [-0.2, 0) is 15.9 Å². The maximum absolute atomic E-state index is 14.6. The molecule has 0 unspecified atom stereocenters. The molecule has 11 heteroatoms. The maximum Gasteiger partial charge on any atom is 0.358 e. The summed E-state index contributed by atoms with van der Waals surface area (Å²) >= 11 is 5.95. The highest BCUT2D eigenvalue weighted by atomic mass is 35.5. The van der Waals surface area contributed by atoms with E-state index in [2.05, 4.69) is 15.2 Å². The molecule has 5 rings (SSSR count). The molecule has 0 amide bonds. The molecule has 1 N–H and O–H groups in total. The Morgan fingerprint density at radius 1 is 1.38 bits per heavy atom. The van der Waals surface area contributed by atoms with Crippen LogP contribution in [-0.4, -0.2) is 53.2 Å². The summed E-state index contributed by atoms with van der Waals surface area (Å²) in [6.07, 6.45) is 2.51. The zero-order chi connectivity index (χ0) is 24.0. The van der Waals surface area contributed by atoms with E-state index in [0.717, 1.165) is 12.6 Å². The van der Waals surface area contributed by atoms with E-state index in [0.29, 0.717) is 54.5 Å². The number of nitrogens with zero attached hydrogens (tertiary/aromatic N) is 4. The molecule has 1 fully saturated rings. The third-order valence-electron chi connectivity index (χ3n) is 6.30. The largest absolute Gasteiger partial charge is 0.464 e. The smallest absolute Gasteiger partial charge is 0.358 e. The van der Waals surface area contributed by atoms with Gasteiger partial charge in [-0.25, -0.2) is 19.2 Å². The molecule has 0 aromatic carbocycles. The van der Waals surface area contributed by atoms with Gasteiger partial charge < -0.3 is 19.7 Å². The van der Waals surface area contributed by atoms with Crippen LogP contribution in [0.1, 0.15) is 41.0 Å². The molecule has 0 bridgehead atoms. The van der Waals surface area contributed by atoms with E-state index >= 15 is 0 Å². The van der Waals surface area contributed by atoms with Crippen molar-refractivity contribution in [3.8, 4) is 0 Å². The average Bonchev–Trinajstić information content (AvgIpc) is 2.84. The van der Waals surface area contributed by atoms with E-state index in [4.69, 9.17) is 26.1 Å². The molecule has 2 atom stereocenters. The van der Waals surface area contributed by atoms with E-state index < -0.39 is 17.8 Å². The topological polar surface area (TPSA) is 98.1 Å². The van der Waals surface area contributed by atoms with Crippen molar-refractivity contribution >= 4 is 34.7 Å². The Morgan fingerprint density at radius 3 is 3.00 bits per heavy atom. The molecule has 2 aliphatic rings. The standard InChI is InChI=1S/C23H23ClFN5O4/c1-12(26-17-5-6-18(24)27-19(17)23(32)33-2)16-9-13(25)10-30-21(16)28-20-15(22(30)31)4-3-14-11-34-8-7-29(14)20/h5-6,9-10,12,14,26H,3-4,7-8,11H2,1-2H3/t12-,14-/m1/s1. The van der Waals surface area contributed by atoms with Crippen LogP contribution in [0.5, 0.6) is 0 Å². The Balaban J connectivity index is 1.61. The lowest BCUT2D eigenvalue weighted by atomic mass is 9.98. The third kappa shape index (κ3) is 3.86. The number of fused-ring (bicyclic) bond motifs is 4. The van der Waals surface area contributed by atoms with Crippen molar-refractivity contribution in [1.82, 2.24) is 14.4 Å². The number of nitrogens with one attached hydrogen (secondary N) is 1. The lowest BCUT2D eigenvalue weighted by Gasteiger charge is -2.40. The molecule has 178 valence electrons. The zero-order valence-electron chi connectivity index (χ0n) is 18.7. The molecule has 0 aliphatic carbocycles. The van der Waals surface area contributed by atoms with Crippen molar-refractivity contribution in [2.45, 2.75) is 31.8 Å². The number of esters is 1. The van der Waals surface area contributed by atoms with Crippen LogP contribution in [0.2, 0.25) is 5.15 Å². The first-order valence-electron chi connectivity index (χ1n) is 11.0. The molecule has 0 saturated carbocycles. The van der Waals surface area contributed by atoms with Crippen molar-refractivity contribution in [2.75, 3.05) is 37.1 Å². The number of hydrogen-bond acceptors (Lipinski definition) is 8. The third-order valence-corrected chi connectivity index (χ3v) is 6.51. The van der Waals surface area contributed by atoms with Crippen LogP contribution < -0.4 is 15.8 Å². The second-order valence-corrected chi connectivity index (χ2v) is 8.76. The predicted octanol–water partition coefficient (Wildman–Crippen LogP) is 2.99. The fourth-order valence-corrected chi connectivity index (χ4v) is 4.78. The molecular formula is C23H23ClFN5O4. The molecule has 1 saturated heterocycles. The number of hydrogen-bond donors (Lipinski definition) is 1. The normalized spacial score (nSPS) is 18.2. The van der Waals surface area contributed by atoms with Gasteiger partial charge in [-0.1, -0.05) is 11.6 Å². The number of carbonyl (C=O) groups is 1. The first kappa shape index (κ1) is 22.5. The number of morpholine rings is 1. The van der Waals surface area contributed by atoms with Crippen LogP contribution >= 0.6 is 11.6 Å². The van der Waals surface area contributed by atoms with E-state index in [1.807, 2.05) is 0 Å². The molecule has 34 heavy (non-hydrogen) atoms. The maximum atomic E-state index is 14.6. The van der Waals surface area contributed by atoms with Gasteiger partial charge in [0.1, 0.15) is 22.4 Å². The Hall–Kier alpha value is -3.24. The Kier molecular flexibility index (Phi) is 5.86. The van der Waals surface area contributed by atoms with Gasteiger partial charge in [0, 0.05) is 18.3 Å². The van der Waals surface area contributed by atoms with Crippen molar-refractivity contribution < 1.29 is 18.7 Å². The van der Waals surface area contributed by atoms with Gasteiger partial charge in [-0.2, -0.15) is 0 Å². The summed E-state index contributed by atoms with van der Waals surface area (Å²) in [5.74, 6) is -0.599. The van der Waals surface area contributed by atoms with Crippen LogP contribution in [0, 0.1) is 5.82 Å². The lowest BCUT2D eigenvalue weighted by molar-refractivity contribution is 0.0595. The van der Waals surface area contributed by atoms with Gasteiger partial charge in [0.05, 0.1) is 43.7 Å². The van der Waals surface area contributed by atoms with Crippen molar-refractivity contribution in [2.24, 2.45) is 0 Å². The van der Waals surface area contributed by atoms with E-state index in [1.54, 1.807) is 13.0 Å². The molecule has 3 aromatic rings. The Morgan fingerprint density at radius 2 is 2.21 bits per heavy atom. The second kappa shape index (κ2) is 8.84. The van der Waals surface area contributed by atoms with Crippen molar-refractivity contribution in [1.29, 1.82) is 0 Å². The number of aromatic nitrogens is 3. The van der Waals surface area contributed by atoms with Gasteiger partial charge in [-0.3, -0.25) is 9.20 Å². The zero-order valence-corrected chi connectivity index (χ0v) is 19.4. The summed E-state index contributed by atoms with van der Waals surface area (Å²) in [5, 5.41) is 3.30. The number of pyridine rings is 2. The lowest BCUT2D eigenvalue weighted by Crippen LogP contribution is -2.50. The minimum Gasteiger partial charge on any atom is -0.464 e. The van der Waals surface area contributed by atoms with Gasteiger partial charge in [-0.15, -0.1) is 0 Å². The highest BCUT2D eigenvalue weighted by Crippen LogP contribution is 2.31. The van der Waals surface area contributed by atoms with E-state index in [1.165, 1.54) is 23.6 Å². The van der Waals surface area contributed by atoms with Gasteiger partial charge >= 0.3 is 5.97 Å². The summed E-state index contributed by atoms with van der Waals surface area (Å²) in [6.45, 7) is 3.58.